The number of pyridine rings is 1. The minimum absolute atomic E-state index is 0.355. The van der Waals surface area contributed by atoms with Crippen molar-refractivity contribution < 1.29 is 14.3 Å². The van der Waals surface area contributed by atoms with Crippen LogP contribution in [-0.4, -0.2) is 56.6 Å². The molecule has 1 atom stereocenters. The molecule has 0 spiro atoms. The molecule has 0 saturated carbocycles. The molecule has 0 aliphatic rings. The molecule has 0 saturated heterocycles. The van der Waals surface area contributed by atoms with E-state index in [2.05, 4.69) is 26.3 Å². The highest BCUT2D eigenvalue weighted by Gasteiger charge is 2.23. The third-order valence-electron chi connectivity index (χ3n) is 5.59. The predicted octanol–water partition coefficient (Wildman–Crippen LogP) is 4.67. The predicted molar refractivity (Wildman–Crippen MR) is 148 cm³/mol. The average molecular weight is 534 g/mol. The quantitative estimate of drug-likeness (QED) is 0.280. The number of carbonyl (C=O) groups excluding carboxylic acids is 2. The number of hydrogen-bond acceptors (Lipinski definition) is 8. The number of allylic oxidation sites excluding steroid dienone is 1. The Kier molecular flexibility index (Phi) is 9.23. The van der Waals surface area contributed by atoms with Crippen molar-refractivity contribution in [1.29, 1.82) is 0 Å². The lowest BCUT2D eigenvalue weighted by molar-refractivity contribution is -0.142. The zero-order chi connectivity index (χ0) is 26.0. The fraction of sp³-hybridized carbons (Fsp3) is 0.222. The number of hydrogen-bond donors (Lipinski definition) is 1. The molecule has 1 amide bonds. The Labute approximate surface area is 223 Å². The van der Waals surface area contributed by atoms with E-state index < -0.39 is 12.0 Å². The smallest absolute Gasteiger partial charge is 0.328 e. The van der Waals surface area contributed by atoms with Crippen molar-refractivity contribution in [3.8, 4) is 11.3 Å². The molecule has 0 fully saturated rings. The average Bonchev–Trinajstić information content (AvgIpc) is 3.65. The summed E-state index contributed by atoms with van der Waals surface area (Å²) in [5, 5.41) is 5.70. The zero-order valence-electron chi connectivity index (χ0n) is 20.5. The van der Waals surface area contributed by atoms with Gasteiger partial charge in [-0.1, -0.05) is 12.1 Å². The van der Waals surface area contributed by atoms with E-state index in [9.17, 15) is 9.59 Å². The summed E-state index contributed by atoms with van der Waals surface area (Å²) in [5.74, 6) is -0.104. The van der Waals surface area contributed by atoms with Gasteiger partial charge in [-0.3, -0.25) is 9.78 Å². The van der Waals surface area contributed by atoms with Gasteiger partial charge in [-0.2, -0.15) is 11.8 Å². The maximum absolute atomic E-state index is 13.4. The summed E-state index contributed by atoms with van der Waals surface area (Å²) in [6.07, 6.45) is 13.4. The fourth-order valence-electron chi connectivity index (χ4n) is 3.78. The number of amides is 1. The van der Waals surface area contributed by atoms with Gasteiger partial charge in [0.25, 0.3) is 5.91 Å². The van der Waals surface area contributed by atoms with Crippen LogP contribution < -0.4 is 5.32 Å². The van der Waals surface area contributed by atoms with Crippen molar-refractivity contribution in [3.05, 3.63) is 89.0 Å². The summed E-state index contributed by atoms with van der Waals surface area (Å²) < 4.78 is 6.89. The van der Waals surface area contributed by atoms with E-state index in [1.54, 1.807) is 54.1 Å². The normalized spacial score (nSPS) is 12.2. The van der Waals surface area contributed by atoms with Gasteiger partial charge in [0.15, 0.2) is 0 Å². The third-order valence-corrected chi connectivity index (χ3v) is 7.08. The van der Waals surface area contributed by atoms with Gasteiger partial charge >= 0.3 is 5.97 Å². The number of ether oxygens (including phenoxy) is 1. The molecule has 8 nitrogen and oxygen atoms in total. The Bertz CT molecular complexity index is 1340. The van der Waals surface area contributed by atoms with E-state index in [0.29, 0.717) is 35.5 Å². The van der Waals surface area contributed by atoms with Crippen LogP contribution in [0.3, 0.4) is 0 Å². The number of nitrogens with one attached hydrogen (secondary N) is 1. The van der Waals surface area contributed by atoms with E-state index in [-0.39, 0.29) is 5.91 Å². The maximum Gasteiger partial charge on any atom is 0.328 e. The molecule has 1 aromatic carbocycles. The number of rotatable bonds is 11. The van der Waals surface area contributed by atoms with Gasteiger partial charge < -0.3 is 14.6 Å². The second-order valence-electron chi connectivity index (χ2n) is 8.09. The number of esters is 1. The summed E-state index contributed by atoms with van der Waals surface area (Å²) >= 11 is 3.17. The molecule has 0 radical (unpaired) electrons. The summed E-state index contributed by atoms with van der Waals surface area (Å²) in [7, 11) is 1.32. The van der Waals surface area contributed by atoms with Crippen molar-refractivity contribution in [2.45, 2.75) is 19.0 Å². The van der Waals surface area contributed by atoms with Gasteiger partial charge in [0.05, 0.1) is 25.7 Å². The van der Waals surface area contributed by atoms with Crippen molar-refractivity contribution in [1.82, 2.24) is 24.8 Å². The van der Waals surface area contributed by atoms with Crippen molar-refractivity contribution in [2.75, 3.05) is 19.1 Å². The molecule has 4 rings (SSSR count). The Morgan fingerprint density at radius 1 is 1.19 bits per heavy atom. The van der Waals surface area contributed by atoms with Crippen molar-refractivity contribution in [3.63, 3.8) is 0 Å². The molecule has 190 valence electrons. The first-order valence-corrected chi connectivity index (χ1v) is 13.9. The molecule has 4 aromatic rings. The Morgan fingerprint density at radius 2 is 2.08 bits per heavy atom. The molecule has 10 heteroatoms. The van der Waals surface area contributed by atoms with Crippen LogP contribution in [0.5, 0.6) is 0 Å². The molecule has 0 bridgehead atoms. The van der Waals surface area contributed by atoms with E-state index in [0.717, 1.165) is 16.1 Å². The number of aromatic nitrogens is 4. The number of thiazole rings is 1. The minimum Gasteiger partial charge on any atom is -0.467 e. The molecular formula is C27H27N5O3S2. The fourth-order valence-corrected chi connectivity index (χ4v) is 4.90. The van der Waals surface area contributed by atoms with Gasteiger partial charge in [-0.05, 0) is 54.3 Å². The number of imidazole rings is 1. The highest BCUT2D eigenvalue weighted by molar-refractivity contribution is 7.98. The van der Waals surface area contributed by atoms with Crippen LogP contribution in [0, 0.1) is 0 Å². The molecule has 1 N–H and O–H groups in total. The summed E-state index contributed by atoms with van der Waals surface area (Å²) in [6, 6.07) is 10.4. The van der Waals surface area contributed by atoms with Crippen molar-refractivity contribution >= 4 is 46.6 Å². The van der Waals surface area contributed by atoms with E-state index in [4.69, 9.17) is 4.74 Å². The molecule has 37 heavy (non-hydrogen) atoms. The Hall–Kier alpha value is -3.76. The summed E-state index contributed by atoms with van der Waals surface area (Å²) in [6.45, 7) is 0.602. The number of benzene rings is 1. The van der Waals surface area contributed by atoms with Crippen LogP contribution in [-0.2, 0) is 16.1 Å². The van der Waals surface area contributed by atoms with E-state index in [1.807, 2.05) is 52.7 Å². The largest absolute Gasteiger partial charge is 0.467 e. The van der Waals surface area contributed by atoms with Crippen LogP contribution in [0.15, 0.2) is 72.9 Å². The number of carbonyl (C=O) groups is 2. The third kappa shape index (κ3) is 6.93. The first-order chi connectivity index (χ1) is 18.1. The monoisotopic (exact) mass is 533 g/mol. The second-order valence-corrected chi connectivity index (χ2v) is 9.97. The lowest BCUT2D eigenvalue weighted by Gasteiger charge is -2.18. The lowest BCUT2D eigenvalue weighted by Crippen LogP contribution is -2.42. The highest BCUT2D eigenvalue weighted by Crippen LogP contribution is 2.28. The highest BCUT2D eigenvalue weighted by atomic mass is 32.2. The first kappa shape index (κ1) is 26.3. The second kappa shape index (κ2) is 13.0. The van der Waals surface area contributed by atoms with Gasteiger partial charge in [0.2, 0.25) is 0 Å². The topological polar surface area (TPSA) is 99.0 Å². The van der Waals surface area contributed by atoms with E-state index >= 15 is 0 Å². The maximum atomic E-state index is 13.4. The van der Waals surface area contributed by atoms with Gasteiger partial charge in [-0.25, -0.2) is 14.8 Å². The van der Waals surface area contributed by atoms with Crippen LogP contribution in [0.25, 0.3) is 22.9 Å². The molecule has 0 aliphatic heterocycles. The van der Waals surface area contributed by atoms with Gasteiger partial charge in [-0.15, -0.1) is 11.3 Å². The Balaban J connectivity index is 1.71. The number of nitrogens with zero attached hydrogens (tertiary/aromatic N) is 4. The number of thioether (sulfide) groups is 1. The van der Waals surface area contributed by atoms with E-state index in [1.165, 1.54) is 7.11 Å². The van der Waals surface area contributed by atoms with Crippen LogP contribution in [0.4, 0.5) is 0 Å². The molecular weight excluding hydrogens is 506 g/mol. The Morgan fingerprint density at radius 3 is 2.76 bits per heavy atom. The molecule has 3 aromatic heterocycles. The van der Waals surface area contributed by atoms with Gasteiger partial charge in [0, 0.05) is 46.9 Å². The number of methoxy groups -OCH3 is 1. The minimum atomic E-state index is -0.729. The summed E-state index contributed by atoms with van der Waals surface area (Å²) in [5.41, 5.74) is 3.67. The SMILES string of the molecule is COC(=O)[C@H](CCSC)NC(=O)c1ccc(C=C(Cn2ccnc2)c2nccs2)cc1-c1ccccn1. The molecule has 3 heterocycles. The first-order valence-electron chi connectivity index (χ1n) is 11.6. The van der Waals surface area contributed by atoms with Crippen LogP contribution >= 0.6 is 23.1 Å². The zero-order valence-corrected chi connectivity index (χ0v) is 22.2. The van der Waals surface area contributed by atoms with Gasteiger partial charge in [0.1, 0.15) is 11.0 Å². The molecule has 0 unspecified atom stereocenters. The van der Waals surface area contributed by atoms with Crippen LogP contribution in [0.2, 0.25) is 0 Å². The lowest BCUT2D eigenvalue weighted by atomic mass is 9.98. The standard InChI is InChI=1S/C27H27N5O3S2/c1-35-27(34)24(8-13-36-2)31-25(33)21-7-6-19(16-22(21)23-5-3-4-9-29-23)15-20(26-30-11-14-37-26)17-32-12-10-28-18-32/h3-7,9-12,14-16,18,24H,8,13,17H2,1-2H3,(H,31,33)/t24-/m0/s1. The van der Waals surface area contributed by atoms with Crippen molar-refractivity contribution in [2.24, 2.45) is 0 Å². The summed E-state index contributed by atoms with van der Waals surface area (Å²) in [4.78, 5) is 38.8. The van der Waals surface area contributed by atoms with Crippen LogP contribution in [0.1, 0.15) is 27.3 Å². The molecule has 0 aliphatic carbocycles.